The van der Waals surface area contributed by atoms with Crippen LogP contribution in [0.25, 0.3) is 0 Å². The smallest absolute Gasteiger partial charge is 0.224 e. The minimum atomic E-state index is -0.126. The Kier molecular flexibility index (Phi) is 6.75. The number of methoxy groups -OCH3 is 1. The Morgan fingerprint density at radius 3 is 2.31 bits per heavy atom. The number of hydrogen-bond acceptors (Lipinski definition) is 4. The lowest BCUT2D eigenvalue weighted by molar-refractivity contribution is -0.121. The third-order valence-electron chi connectivity index (χ3n) is 3.87. The molecule has 0 fully saturated rings. The van der Waals surface area contributed by atoms with E-state index >= 15 is 0 Å². The molecular weight excluding hydrogens is 330 g/mol. The van der Waals surface area contributed by atoms with Gasteiger partial charge >= 0.3 is 0 Å². The predicted octanol–water partition coefficient (Wildman–Crippen LogP) is 2.28. The van der Waals surface area contributed by atoms with Crippen molar-refractivity contribution >= 4 is 17.5 Å². The van der Waals surface area contributed by atoms with E-state index in [4.69, 9.17) is 10.00 Å². The van der Waals surface area contributed by atoms with Crippen LogP contribution in [-0.2, 0) is 16.0 Å². The highest BCUT2D eigenvalue weighted by molar-refractivity contribution is 5.91. The largest absolute Gasteiger partial charge is 0.497 e. The number of hydrogen-bond donors (Lipinski definition) is 1. The van der Waals surface area contributed by atoms with E-state index in [0.717, 1.165) is 11.3 Å². The maximum Gasteiger partial charge on any atom is 0.224 e. The third-order valence-corrected chi connectivity index (χ3v) is 3.87. The van der Waals surface area contributed by atoms with E-state index in [1.165, 1.54) is 6.92 Å². The fourth-order valence-corrected chi connectivity index (χ4v) is 2.48. The molecule has 0 radical (unpaired) electrons. The Bertz CT molecular complexity index is 793. The highest BCUT2D eigenvalue weighted by atomic mass is 16.5. The van der Waals surface area contributed by atoms with E-state index in [0.29, 0.717) is 24.3 Å². The van der Waals surface area contributed by atoms with Gasteiger partial charge in [0.2, 0.25) is 11.8 Å². The average Bonchev–Trinajstić information content (AvgIpc) is 2.66. The molecule has 0 unspecified atom stereocenters. The molecule has 0 saturated heterocycles. The number of anilines is 1. The molecule has 6 nitrogen and oxygen atoms in total. The van der Waals surface area contributed by atoms with Crippen LogP contribution in [0, 0.1) is 11.3 Å². The average molecular weight is 351 g/mol. The van der Waals surface area contributed by atoms with Crippen LogP contribution in [0.5, 0.6) is 5.75 Å². The molecule has 0 spiro atoms. The summed E-state index contributed by atoms with van der Waals surface area (Å²) in [6, 6.07) is 16.1. The number of nitrogens with zero attached hydrogens (tertiary/aromatic N) is 2. The molecule has 0 aliphatic heterocycles. The lowest BCUT2D eigenvalue weighted by atomic mass is 10.1. The Morgan fingerprint density at radius 1 is 1.12 bits per heavy atom. The van der Waals surface area contributed by atoms with Gasteiger partial charge in [-0.2, -0.15) is 5.26 Å². The summed E-state index contributed by atoms with van der Waals surface area (Å²) < 4.78 is 5.09. The van der Waals surface area contributed by atoms with Gasteiger partial charge in [0.25, 0.3) is 0 Å². The molecule has 0 aliphatic carbocycles. The number of nitriles is 1. The molecule has 2 rings (SSSR count). The van der Waals surface area contributed by atoms with E-state index in [9.17, 15) is 9.59 Å². The van der Waals surface area contributed by atoms with Crippen LogP contribution in [0.3, 0.4) is 0 Å². The number of carbonyl (C=O) groups is 2. The van der Waals surface area contributed by atoms with Crippen molar-refractivity contribution < 1.29 is 14.3 Å². The van der Waals surface area contributed by atoms with Gasteiger partial charge < -0.3 is 15.0 Å². The molecule has 0 saturated carbocycles. The summed E-state index contributed by atoms with van der Waals surface area (Å²) in [5.74, 6) is 0.506. The maximum absolute atomic E-state index is 12.1. The Hall–Kier alpha value is -3.33. The van der Waals surface area contributed by atoms with Gasteiger partial charge in [0.05, 0.1) is 25.2 Å². The van der Waals surface area contributed by atoms with Crippen molar-refractivity contribution in [2.75, 3.05) is 25.1 Å². The zero-order valence-electron chi connectivity index (χ0n) is 14.9. The normalized spacial score (nSPS) is 9.88. The van der Waals surface area contributed by atoms with Gasteiger partial charge in [-0.3, -0.25) is 9.59 Å². The highest BCUT2D eigenvalue weighted by Gasteiger charge is 2.12. The standard InChI is InChI=1S/C20H21N3O3/c1-15(24)23(18-7-3-17(14-21)4-8-18)12-11-22-20(25)13-16-5-9-19(26-2)10-6-16/h3-10H,11-13H2,1-2H3,(H,22,25). The molecular formula is C20H21N3O3. The van der Waals surface area contributed by atoms with Gasteiger partial charge in [-0.05, 0) is 42.0 Å². The summed E-state index contributed by atoms with van der Waals surface area (Å²) in [4.78, 5) is 25.5. The minimum absolute atomic E-state index is 0.113. The van der Waals surface area contributed by atoms with Crippen LogP contribution in [-0.4, -0.2) is 32.0 Å². The first-order valence-electron chi connectivity index (χ1n) is 8.21. The molecule has 1 N–H and O–H groups in total. The molecule has 2 aromatic rings. The fraction of sp³-hybridized carbons (Fsp3) is 0.250. The predicted molar refractivity (Wildman–Crippen MR) is 98.9 cm³/mol. The molecule has 0 aliphatic rings. The van der Waals surface area contributed by atoms with Gasteiger partial charge in [-0.1, -0.05) is 12.1 Å². The molecule has 134 valence electrons. The number of amides is 2. The summed E-state index contributed by atoms with van der Waals surface area (Å²) in [6.07, 6.45) is 0.265. The highest BCUT2D eigenvalue weighted by Crippen LogP contribution is 2.15. The quantitative estimate of drug-likeness (QED) is 0.830. The van der Waals surface area contributed by atoms with Crippen molar-refractivity contribution in [1.29, 1.82) is 5.26 Å². The SMILES string of the molecule is COc1ccc(CC(=O)NCCN(C(C)=O)c2ccc(C#N)cc2)cc1. The Labute approximate surface area is 153 Å². The monoisotopic (exact) mass is 351 g/mol. The summed E-state index contributed by atoms with van der Waals surface area (Å²) in [5, 5.41) is 11.7. The summed E-state index contributed by atoms with van der Waals surface area (Å²) in [6.45, 7) is 2.17. The van der Waals surface area contributed by atoms with Crippen LogP contribution >= 0.6 is 0 Å². The Morgan fingerprint density at radius 2 is 1.77 bits per heavy atom. The first kappa shape index (κ1) is 19.0. The molecule has 0 aromatic heterocycles. The van der Waals surface area contributed by atoms with E-state index in [-0.39, 0.29) is 18.2 Å². The summed E-state index contributed by atoms with van der Waals surface area (Å²) >= 11 is 0. The number of carbonyl (C=O) groups excluding carboxylic acids is 2. The van der Waals surface area contributed by atoms with Crippen LogP contribution in [0.15, 0.2) is 48.5 Å². The Balaban J connectivity index is 1.87. The van der Waals surface area contributed by atoms with Gasteiger partial charge in [0.1, 0.15) is 5.75 Å². The van der Waals surface area contributed by atoms with Crippen molar-refractivity contribution in [3.05, 3.63) is 59.7 Å². The van der Waals surface area contributed by atoms with Crippen molar-refractivity contribution in [2.45, 2.75) is 13.3 Å². The van der Waals surface area contributed by atoms with E-state index in [1.807, 2.05) is 30.3 Å². The zero-order chi connectivity index (χ0) is 18.9. The fourth-order valence-electron chi connectivity index (χ4n) is 2.48. The second kappa shape index (κ2) is 9.23. The third kappa shape index (κ3) is 5.35. The lowest BCUT2D eigenvalue weighted by Gasteiger charge is -2.21. The number of rotatable bonds is 7. The summed E-state index contributed by atoms with van der Waals surface area (Å²) in [5.41, 5.74) is 2.12. The molecule has 0 bridgehead atoms. The van der Waals surface area contributed by atoms with E-state index < -0.39 is 0 Å². The zero-order valence-corrected chi connectivity index (χ0v) is 14.9. The molecule has 2 amide bonds. The van der Waals surface area contributed by atoms with Gasteiger partial charge in [-0.15, -0.1) is 0 Å². The van der Waals surface area contributed by atoms with Crippen molar-refractivity contribution in [3.8, 4) is 11.8 Å². The van der Waals surface area contributed by atoms with E-state index in [2.05, 4.69) is 5.32 Å². The van der Waals surface area contributed by atoms with Crippen LogP contribution in [0.2, 0.25) is 0 Å². The number of nitrogens with one attached hydrogen (secondary N) is 1. The van der Waals surface area contributed by atoms with Gasteiger partial charge in [-0.25, -0.2) is 0 Å². The van der Waals surface area contributed by atoms with Crippen molar-refractivity contribution in [1.82, 2.24) is 5.32 Å². The molecule has 0 heterocycles. The molecule has 6 heteroatoms. The van der Waals surface area contributed by atoms with Crippen LogP contribution in [0.4, 0.5) is 5.69 Å². The van der Waals surface area contributed by atoms with Crippen LogP contribution < -0.4 is 15.0 Å². The van der Waals surface area contributed by atoms with Crippen molar-refractivity contribution in [2.24, 2.45) is 0 Å². The van der Waals surface area contributed by atoms with E-state index in [1.54, 1.807) is 36.3 Å². The summed E-state index contributed by atoms with van der Waals surface area (Å²) in [7, 11) is 1.59. The van der Waals surface area contributed by atoms with Gasteiger partial charge in [0, 0.05) is 25.7 Å². The number of benzene rings is 2. The number of ether oxygens (including phenoxy) is 1. The first-order chi connectivity index (χ1) is 12.5. The first-order valence-corrected chi connectivity index (χ1v) is 8.21. The topological polar surface area (TPSA) is 82.4 Å². The second-order valence-corrected chi connectivity index (χ2v) is 5.70. The molecule has 0 atom stereocenters. The molecule has 26 heavy (non-hydrogen) atoms. The second-order valence-electron chi connectivity index (χ2n) is 5.70. The molecule has 2 aromatic carbocycles. The van der Waals surface area contributed by atoms with Crippen molar-refractivity contribution in [3.63, 3.8) is 0 Å². The lowest BCUT2D eigenvalue weighted by Crippen LogP contribution is -2.38. The van der Waals surface area contributed by atoms with Crippen LogP contribution in [0.1, 0.15) is 18.1 Å². The maximum atomic E-state index is 12.1. The van der Waals surface area contributed by atoms with Gasteiger partial charge in [0.15, 0.2) is 0 Å². The minimum Gasteiger partial charge on any atom is -0.497 e.